The van der Waals surface area contributed by atoms with Gasteiger partial charge in [0.1, 0.15) is 5.69 Å². The molecule has 0 bridgehead atoms. The van der Waals surface area contributed by atoms with Gasteiger partial charge in [-0.3, -0.25) is 9.48 Å². The van der Waals surface area contributed by atoms with E-state index in [1.54, 1.807) is 13.1 Å². The van der Waals surface area contributed by atoms with Crippen molar-refractivity contribution in [2.24, 2.45) is 7.05 Å². The molecular formula is C9H5Br2ClN2OS. The second-order valence-corrected chi connectivity index (χ2v) is 6.66. The summed E-state index contributed by atoms with van der Waals surface area (Å²) in [5.74, 6) is -0.124. The van der Waals surface area contributed by atoms with Gasteiger partial charge in [0, 0.05) is 11.5 Å². The zero-order valence-electron chi connectivity index (χ0n) is 8.00. The van der Waals surface area contributed by atoms with Gasteiger partial charge in [0.2, 0.25) is 5.78 Å². The van der Waals surface area contributed by atoms with Crippen LogP contribution in [0.2, 0.25) is 5.02 Å². The number of nitrogens with zero attached hydrogens (tertiary/aromatic N) is 2. The quantitative estimate of drug-likeness (QED) is 0.737. The zero-order chi connectivity index (χ0) is 11.9. The molecule has 2 heterocycles. The van der Waals surface area contributed by atoms with Crippen LogP contribution in [-0.2, 0) is 7.05 Å². The third-order valence-corrected chi connectivity index (χ3v) is 5.51. The van der Waals surface area contributed by atoms with Gasteiger partial charge in [-0.05, 0) is 37.9 Å². The summed E-state index contributed by atoms with van der Waals surface area (Å²) in [6.07, 6.45) is 1.46. The number of aromatic nitrogens is 2. The predicted molar refractivity (Wildman–Crippen MR) is 71.4 cm³/mol. The van der Waals surface area contributed by atoms with Crippen LogP contribution in [0.1, 0.15) is 15.4 Å². The molecule has 2 aromatic heterocycles. The number of ketones is 1. The average molecular weight is 384 g/mol. The topological polar surface area (TPSA) is 34.9 Å². The van der Waals surface area contributed by atoms with Crippen molar-refractivity contribution < 1.29 is 4.79 Å². The molecule has 0 saturated heterocycles. The van der Waals surface area contributed by atoms with Gasteiger partial charge in [0.05, 0.1) is 19.9 Å². The van der Waals surface area contributed by atoms with Crippen molar-refractivity contribution >= 4 is 60.6 Å². The number of hydrogen-bond acceptors (Lipinski definition) is 3. The highest BCUT2D eigenvalue weighted by molar-refractivity contribution is 9.13. The van der Waals surface area contributed by atoms with Crippen molar-refractivity contribution in [2.45, 2.75) is 0 Å². The SMILES string of the molecule is Cn1ncc(Cl)c1C(=O)c1cc(Br)c(Br)s1. The van der Waals surface area contributed by atoms with Gasteiger partial charge in [-0.25, -0.2) is 0 Å². The Hall–Kier alpha value is -0.170. The van der Waals surface area contributed by atoms with Gasteiger partial charge < -0.3 is 0 Å². The number of carbonyl (C=O) groups is 1. The molecule has 0 atom stereocenters. The lowest BCUT2D eigenvalue weighted by Gasteiger charge is -1.98. The van der Waals surface area contributed by atoms with Crippen molar-refractivity contribution in [3.8, 4) is 0 Å². The van der Waals surface area contributed by atoms with E-state index >= 15 is 0 Å². The highest BCUT2D eigenvalue weighted by Gasteiger charge is 2.20. The first-order valence-corrected chi connectivity index (χ1v) is 6.95. The molecule has 7 heteroatoms. The molecule has 0 radical (unpaired) electrons. The van der Waals surface area contributed by atoms with Crippen molar-refractivity contribution in [3.63, 3.8) is 0 Å². The molecule has 0 saturated carbocycles. The molecule has 0 fully saturated rings. The minimum atomic E-state index is -0.124. The minimum absolute atomic E-state index is 0.124. The van der Waals surface area contributed by atoms with E-state index in [2.05, 4.69) is 37.0 Å². The van der Waals surface area contributed by atoms with E-state index in [1.165, 1.54) is 22.2 Å². The van der Waals surface area contributed by atoms with E-state index in [9.17, 15) is 4.79 Å². The molecule has 0 aliphatic rings. The van der Waals surface area contributed by atoms with E-state index in [0.29, 0.717) is 15.6 Å². The fourth-order valence-corrected chi connectivity index (χ4v) is 3.47. The minimum Gasteiger partial charge on any atom is -0.286 e. The molecule has 2 rings (SSSR count). The smallest absolute Gasteiger partial charge is 0.222 e. The molecule has 0 aromatic carbocycles. The molecule has 0 amide bonds. The highest BCUT2D eigenvalue weighted by Crippen LogP contribution is 2.34. The van der Waals surface area contributed by atoms with E-state index in [-0.39, 0.29) is 5.78 Å². The van der Waals surface area contributed by atoms with Crippen LogP contribution in [-0.4, -0.2) is 15.6 Å². The third kappa shape index (κ3) is 2.11. The maximum atomic E-state index is 12.1. The maximum Gasteiger partial charge on any atom is 0.222 e. The molecular weight excluding hydrogens is 379 g/mol. The van der Waals surface area contributed by atoms with Gasteiger partial charge in [-0.1, -0.05) is 11.6 Å². The van der Waals surface area contributed by atoms with Gasteiger partial charge in [0.25, 0.3) is 0 Å². The number of rotatable bonds is 2. The molecule has 3 nitrogen and oxygen atoms in total. The Kier molecular flexibility index (Phi) is 3.53. The largest absolute Gasteiger partial charge is 0.286 e. The lowest BCUT2D eigenvalue weighted by molar-refractivity contribution is 0.103. The molecule has 2 aromatic rings. The van der Waals surface area contributed by atoms with E-state index in [4.69, 9.17) is 11.6 Å². The van der Waals surface area contributed by atoms with Crippen molar-refractivity contribution in [1.82, 2.24) is 9.78 Å². The Balaban J connectivity index is 2.47. The fourth-order valence-electron chi connectivity index (χ4n) is 1.24. The van der Waals surface area contributed by atoms with Crippen LogP contribution in [0.4, 0.5) is 0 Å². The Labute approximate surface area is 118 Å². The summed E-state index contributed by atoms with van der Waals surface area (Å²) in [6.45, 7) is 0. The number of hydrogen-bond donors (Lipinski definition) is 0. The van der Waals surface area contributed by atoms with Crippen LogP contribution in [0, 0.1) is 0 Å². The van der Waals surface area contributed by atoms with Crippen LogP contribution < -0.4 is 0 Å². The Morgan fingerprint density at radius 3 is 2.69 bits per heavy atom. The Morgan fingerprint density at radius 1 is 1.56 bits per heavy atom. The number of aryl methyl sites for hydroxylation is 1. The van der Waals surface area contributed by atoms with Crippen LogP contribution in [0.3, 0.4) is 0 Å². The average Bonchev–Trinajstić information content (AvgIpc) is 2.72. The molecule has 0 aliphatic carbocycles. The summed E-state index contributed by atoms with van der Waals surface area (Å²) < 4.78 is 3.22. The van der Waals surface area contributed by atoms with Crippen LogP contribution >= 0.6 is 54.8 Å². The second kappa shape index (κ2) is 4.60. The lowest BCUT2D eigenvalue weighted by Crippen LogP contribution is -2.07. The van der Waals surface area contributed by atoms with Crippen LogP contribution in [0.25, 0.3) is 0 Å². The highest BCUT2D eigenvalue weighted by atomic mass is 79.9. The van der Waals surface area contributed by atoms with Gasteiger partial charge in [-0.2, -0.15) is 5.10 Å². The zero-order valence-corrected chi connectivity index (χ0v) is 12.7. The summed E-state index contributed by atoms with van der Waals surface area (Å²) in [4.78, 5) is 12.8. The first-order valence-electron chi connectivity index (χ1n) is 4.17. The van der Waals surface area contributed by atoms with Gasteiger partial charge >= 0.3 is 0 Å². The number of carbonyl (C=O) groups excluding carboxylic acids is 1. The first kappa shape index (κ1) is 12.3. The summed E-state index contributed by atoms with van der Waals surface area (Å²) in [5, 5.41) is 4.31. The fraction of sp³-hybridized carbons (Fsp3) is 0.111. The molecule has 84 valence electrons. The van der Waals surface area contributed by atoms with Crippen molar-refractivity contribution in [2.75, 3.05) is 0 Å². The van der Waals surface area contributed by atoms with Crippen molar-refractivity contribution in [1.29, 1.82) is 0 Å². The summed E-state index contributed by atoms with van der Waals surface area (Å²) >= 11 is 14.0. The monoisotopic (exact) mass is 382 g/mol. The summed E-state index contributed by atoms with van der Waals surface area (Å²) in [6, 6.07) is 1.76. The van der Waals surface area contributed by atoms with Crippen LogP contribution in [0.5, 0.6) is 0 Å². The predicted octanol–water partition coefficient (Wildman–Crippen LogP) is 3.89. The summed E-state index contributed by atoms with van der Waals surface area (Å²) in [5.41, 5.74) is 0.405. The van der Waals surface area contributed by atoms with Gasteiger partial charge in [0.15, 0.2) is 0 Å². The molecule has 0 N–H and O–H groups in total. The third-order valence-electron chi connectivity index (χ3n) is 1.98. The molecule has 0 spiro atoms. The Morgan fingerprint density at radius 2 is 2.25 bits per heavy atom. The number of thiophene rings is 1. The molecule has 0 unspecified atom stereocenters. The lowest BCUT2D eigenvalue weighted by atomic mass is 10.2. The standard InChI is InChI=1S/C9H5Br2ClN2OS/c1-14-7(5(12)3-13-14)8(15)6-2-4(10)9(11)16-6/h2-3H,1H3. The van der Waals surface area contributed by atoms with Gasteiger partial charge in [-0.15, -0.1) is 11.3 Å². The normalized spacial score (nSPS) is 10.8. The Bertz CT molecular complexity index is 525. The summed E-state index contributed by atoms with van der Waals surface area (Å²) in [7, 11) is 1.69. The first-order chi connectivity index (χ1) is 7.50. The van der Waals surface area contributed by atoms with E-state index in [0.717, 1.165) is 8.26 Å². The van der Waals surface area contributed by atoms with Crippen molar-refractivity contribution in [3.05, 3.63) is 36.1 Å². The van der Waals surface area contributed by atoms with E-state index in [1.807, 2.05) is 0 Å². The molecule has 0 aliphatic heterocycles. The van der Waals surface area contributed by atoms with E-state index < -0.39 is 0 Å². The second-order valence-electron chi connectivity index (χ2n) is 3.03. The number of halogens is 3. The van der Waals surface area contributed by atoms with Crippen LogP contribution in [0.15, 0.2) is 20.5 Å². The molecule has 16 heavy (non-hydrogen) atoms. The maximum absolute atomic E-state index is 12.1.